The van der Waals surface area contributed by atoms with Crippen molar-refractivity contribution in [2.45, 2.75) is 18.8 Å². The van der Waals surface area contributed by atoms with E-state index in [4.69, 9.17) is 25.8 Å². The van der Waals surface area contributed by atoms with Gasteiger partial charge in [-0.3, -0.25) is 0 Å². The molecule has 0 N–H and O–H groups in total. The van der Waals surface area contributed by atoms with E-state index in [0.29, 0.717) is 12.3 Å². The number of hydrogen-bond acceptors (Lipinski definition) is 3. The summed E-state index contributed by atoms with van der Waals surface area (Å²) in [6.07, 6.45) is 1.44. The highest BCUT2D eigenvalue weighted by molar-refractivity contribution is 6.17. The summed E-state index contributed by atoms with van der Waals surface area (Å²) < 4.78 is 15.1. The Kier molecular flexibility index (Phi) is 5.86. The summed E-state index contributed by atoms with van der Waals surface area (Å²) in [7, 11) is 4.63. The maximum atomic E-state index is 5.51. The predicted molar refractivity (Wildman–Crippen MR) is 43.7 cm³/mol. The van der Waals surface area contributed by atoms with Crippen LogP contribution in [-0.4, -0.2) is 33.2 Å². The Labute approximate surface area is 72.6 Å². The van der Waals surface area contributed by atoms with Crippen molar-refractivity contribution in [3.63, 3.8) is 0 Å². The summed E-state index contributed by atoms with van der Waals surface area (Å²) >= 11 is 5.51. The van der Waals surface area contributed by atoms with Crippen molar-refractivity contribution in [2.75, 3.05) is 27.2 Å². The third-order valence-electron chi connectivity index (χ3n) is 1.55. The summed E-state index contributed by atoms with van der Waals surface area (Å²) in [5, 5.41) is 0. The van der Waals surface area contributed by atoms with E-state index in [2.05, 4.69) is 0 Å². The molecule has 0 saturated carbocycles. The summed E-state index contributed by atoms with van der Waals surface area (Å²) in [5.74, 6) is -0.327. The zero-order chi connectivity index (χ0) is 8.74. The quantitative estimate of drug-likeness (QED) is 0.461. The van der Waals surface area contributed by atoms with Gasteiger partial charge in [-0.2, -0.15) is 0 Å². The lowest BCUT2D eigenvalue weighted by molar-refractivity contribution is -0.354. The van der Waals surface area contributed by atoms with Crippen LogP contribution in [-0.2, 0) is 14.2 Å². The Morgan fingerprint density at radius 2 is 1.55 bits per heavy atom. The standard InChI is InChI=1S/C7H15ClO3/c1-9-7(10-2,11-3)5-4-6-8/h4-6H2,1-3H3. The predicted octanol–water partition coefficient (Wildman–Crippen LogP) is 1.60. The van der Waals surface area contributed by atoms with Crippen LogP contribution in [0.25, 0.3) is 0 Å². The maximum absolute atomic E-state index is 5.51. The van der Waals surface area contributed by atoms with E-state index >= 15 is 0 Å². The van der Waals surface area contributed by atoms with Crippen molar-refractivity contribution in [3.05, 3.63) is 0 Å². The zero-order valence-corrected chi connectivity index (χ0v) is 7.98. The van der Waals surface area contributed by atoms with Gasteiger partial charge < -0.3 is 14.2 Å². The van der Waals surface area contributed by atoms with E-state index in [1.807, 2.05) is 0 Å². The smallest absolute Gasteiger partial charge is 0.282 e. The lowest BCUT2D eigenvalue weighted by atomic mass is 10.3. The van der Waals surface area contributed by atoms with Gasteiger partial charge in [0.05, 0.1) is 0 Å². The number of ether oxygens (including phenoxy) is 3. The van der Waals surface area contributed by atoms with E-state index in [0.717, 1.165) is 6.42 Å². The Morgan fingerprint density at radius 3 is 1.82 bits per heavy atom. The summed E-state index contributed by atoms with van der Waals surface area (Å²) in [6.45, 7) is 0. The Balaban J connectivity index is 3.84. The average Bonchev–Trinajstić information content (AvgIpc) is 2.08. The van der Waals surface area contributed by atoms with Gasteiger partial charge in [-0.25, -0.2) is 0 Å². The second-order valence-electron chi connectivity index (χ2n) is 2.09. The number of hydrogen-bond donors (Lipinski definition) is 0. The van der Waals surface area contributed by atoms with Crippen LogP contribution in [0.3, 0.4) is 0 Å². The number of methoxy groups -OCH3 is 3. The Bertz CT molecular complexity index is 85.4. The minimum absolute atomic E-state index is 0.581. The molecule has 0 aliphatic heterocycles. The molecule has 0 aliphatic carbocycles. The van der Waals surface area contributed by atoms with E-state index in [-0.39, 0.29) is 0 Å². The minimum atomic E-state index is -0.908. The Morgan fingerprint density at radius 1 is 1.09 bits per heavy atom. The lowest BCUT2D eigenvalue weighted by Gasteiger charge is -2.28. The van der Waals surface area contributed by atoms with Crippen LogP contribution >= 0.6 is 11.6 Å². The second-order valence-corrected chi connectivity index (χ2v) is 2.47. The summed E-state index contributed by atoms with van der Waals surface area (Å²) in [6, 6.07) is 0. The molecule has 4 heteroatoms. The topological polar surface area (TPSA) is 27.7 Å². The second kappa shape index (κ2) is 5.77. The molecule has 3 nitrogen and oxygen atoms in total. The molecule has 0 atom stereocenters. The molecule has 0 saturated heterocycles. The summed E-state index contributed by atoms with van der Waals surface area (Å²) in [4.78, 5) is 0. The van der Waals surface area contributed by atoms with Crippen molar-refractivity contribution in [1.29, 1.82) is 0 Å². The fraction of sp³-hybridized carbons (Fsp3) is 1.00. The van der Waals surface area contributed by atoms with Gasteiger partial charge in [0.1, 0.15) is 0 Å². The summed E-state index contributed by atoms with van der Waals surface area (Å²) in [5.41, 5.74) is 0. The Hall–Kier alpha value is 0.170. The molecule has 11 heavy (non-hydrogen) atoms. The molecular weight excluding hydrogens is 168 g/mol. The van der Waals surface area contributed by atoms with Gasteiger partial charge in [0.25, 0.3) is 5.97 Å². The molecule has 0 aromatic heterocycles. The molecular formula is C7H15ClO3. The molecule has 0 radical (unpaired) electrons. The highest BCUT2D eigenvalue weighted by atomic mass is 35.5. The van der Waals surface area contributed by atoms with Gasteiger partial charge in [-0.1, -0.05) is 0 Å². The third-order valence-corrected chi connectivity index (χ3v) is 1.82. The van der Waals surface area contributed by atoms with Crippen LogP contribution in [0.5, 0.6) is 0 Å². The fourth-order valence-electron chi connectivity index (χ4n) is 0.840. The molecule has 0 amide bonds. The molecule has 0 heterocycles. The average molecular weight is 183 g/mol. The van der Waals surface area contributed by atoms with Crippen LogP contribution in [0.2, 0.25) is 0 Å². The van der Waals surface area contributed by atoms with Gasteiger partial charge >= 0.3 is 0 Å². The van der Waals surface area contributed by atoms with Gasteiger partial charge in [-0.05, 0) is 6.42 Å². The maximum Gasteiger partial charge on any atom is 0.282 e. The van der Waals surface area contributed by atoms with E-state index in [1.54, 1.807) is 21.3 Å². The van der Waals surface area contributed by atoms with Crippen LogP contribution in [0.4, 0.5) is 0 Å². The van der Waals surface area contributed by atoms with Crippen molar-refractivity contribution in [3.8, 4) is 0 Å². The van der Waals surface area contributed by atoms with Gasteiger partial charge in [0.15, 0.2) is 0 Å². The molecule has 0 aromatic rings. The molecule has 0 spiro atoms. The first-order valence-corrected chi connectivity index (χ1v) is 3.99. The number of rotatable bonds is 6. The SMILES string of the molecule is COC(CCCCl)(OC)OC. The van der Waals surface area contributed by atoms with E-state index < -0.39 is 5.97 Å². The molecule has 0 fully saturated rings. The molecule has 0 aliphatic rings. The molecule has 68 valence electrons. The van der Waals surface area contributed by atoms with Crippen molar-refractivity contribution in [2.24, 2.45) is 0 Å². The van der Waals surface area contributed by atoms with E-state index in [1.165, 1.54) is 0 Å². The van der Waals surface area contributed by atoms with Gasteiger partial charge in [0.2, 0.25) is 0 Å². The lowest BCUT2D eigenvalue weighted by Crippen LogP contribution is -2.35. The molecule has 0 rings (SSSR count). The first-order chi connectivity index (χ1) is 5.24. The van der Waals surface area contributed by atoms with Crippen LogP contribution in [0.1, 0.15) is 12.8 Å². The first-order valence-electron chi connectivity index (χ1n) is 3.46. The first kappa shape index (κ1) is 11.2. The van der Waals surface area contributed by atoms with E-state index in [9.17, 15) is 0 Å². The van der Waals surface area contributed by atoms with Crippen molar-refractivity contribution < 1.29 is 14.2 Å². The number of alkyl halides is 1. The molecule has 0 unspecified atom stereocenters. The van der Waals surface area contributed by atoms with Gasteiger partial charge in [-0.15, -0.1) is 11.6 Å². The van der Waals surface area contributed by atoms with Crippen LogP contribution < -0.4 is 0 Å². The van der Waals surface area contributed by atoms with Crippen LogP contribution in [0.15, 0.2) is 0 Å². The van der Waals surface area contributed by atoms with Crippen LogP contribution in [0, 0.1) is 0 Å². The molecule has 0 bridgehead atoms. The highest BCUT2D eigenvalue weighted by Gasteiger charge is 2.28. The van der Waals surface area contributed by atoms with Crippen molar-refractivity contribution in [1.82, 2.24) is 0 Å². The third kappa shape index (κ3) is 3.38. The zero-order valence-electron chi connectivity index (χ0n) is 7.22. The normalized spacial score (nSPS) is 12.0. The monoisotopic (exact) mass is 182 g/mol. The molecule has 0 aromatic carbocycles. The minimum Gasteiger partial charge on any atom is -0.331 e. The fourth-order valence-corrected chi connectivity index (χ4v) is 0.973. The highest BCUT2D eigenvalue weighted by Crippen LogP contribution is 2.18. The van der Waals surface area contributed by atoms with Crippen molar-refractivity contribution >= 4 is 11.6 Å². The number of halogens is 1. The largest absolute Gasteiger partial charge is 0.331 e. The van der Waals surface area contributed by atoms with Gasteiger partial charge in [0, 0.05) is 33.6 Å².